The van der Waals surface area contributed by atoms with Crippen LogP contribution < -0.4 is 0 Å². The third kappa shape index (κ3) is 4.49. The first kappa shape index (κ1) is 17.2. The molecule has 0 fully saturated rings. The van der Waals surface area contributed by atoms with Crippen LogP contribution in [0.4, 0.5) is 0 Å². The van der Waals surface area contributed by atoms with Crippen LogP contribution >= 0.6 is 0 Å². The van der Waals surface area contributed by atoms with Crippen molar-refractivity contribution in [3.63, 3.8) is 0 Å². The smallest absolute Gasteiger partial charge is 0.252 e. The molecule has 6 heteroatoms. The molecule has 0 heterocycles. The Morgan fingerprint density at radius 2 is 0.800 bits per heavy atom. The zero-order chi connectivity index (χ0) is 15.7. The average molecular weight is 276 g/mol. The van der Waals surface area contributed by atoms with E-state index in [1.165, 1.54) is 0 Å². The first-order chi connectivity index (χ1) is 9.42. The molecule has 0 spiro atoms. The monoisotopic (exact) mass is 276 g/mol. The molecule has 0 aliphatic carbocycles. The molecule has 0 saturated heterocycles. The molecule has 0 radical (unpaired) electrons. The number of rotatable bonds is 7. The summed E-state index contributed by atoms with van der Waals surface area (Å²) in [4.78, 5) is 47.7. The Hall–Kier alpha value is -2.76. The minimum atomic E-state index is -0.646. The molecule has 0 rings (SSSR count). The number of imide groups is 2. The van der Waals surface area contributed by atoms with Crippen LogP contribution in [0.25, 0.3) is 0 Å². The van der Waals surface area contributed by atoms with E-state index in [1.54, 1.807) is 0 Å². The van der Waals surface area contributed by atoms with Gasteiger partial charge in [0.2, 0.25) is 0 Å². The summed E-state index contributed by atoms with van der Waals surface area (Å²) in [7, 11) is 0. The molecule has 0 bridgehead atoms. The van der Waals surface area contributed by atoms with E-state index in [0.717, 1.165) is 34.1 Å². The molecular weight excluding hydrogens is 260 g/mol. The van der Waals surface area contributed by atoms with Crippen LogP contribution in [-0.2, 0) is 19.2 Å². The SMILES string of the molecule is C=CC(=O)N(CCN(C(=O)C=C)C(=O)C=C)C(=O)C=C. The zero-order valence-corrected chi connectivity index (χ0v) is 11.1. The van der Waals surface area contributed by atoms with Crippen LogP contribution in [0.15, 0.2) is 50.6 Å². The predicted octanol–water partition coefficient (Wildman–Crippen LogP) is 0.441. The molecule has 0 N–H and O–H groups in total. The molecule has 106 valence electrons. The summed E-state index contributed by atoms with van der Waals surface area (Å²) >= 11 is 0. The normalized spacial score (nSPS) is 9.00. The fourth-order valence-electron chi connectivity index (χ4n) is 1.30. The molecule has 20 heavy (non-hydrogen) atoms. The molecule has 4 amide bonds. The number of amides is 4. The van der Waals surface area contributed by atoms with Crippen LogP contribution in [0.1, 0.15) is 0 Å². The second-order valence-corrected chi connectivity index (χ2v) is 3.47. The maximum absolute atomic E-state index is 11.5. The van der Waals surface area contributed by atoms with Gasteiger partial charge < -0.3 is 0 Å². The minimum Gasteiger partial charge on any atom is -0.274 e. The highest BCUT2D eigenvalue weighted by atomic mass is 16.2. The standard InChI is InChI=1S/C14H16N2O4/c1-5-11(17)15(12(18)6-2)9-10-16(13(19)7-3)14(20)8-4/h5-8H,1-4,9-10H2. The molecule has 0 unspecified atom stereocenters. The van der Waals surface area contributed by atoms with Gasteiger partial charge in [0.1, 0.15) is 0 Å². The number of carbonyl (C=O) groups is 4. The molecule has 6 nitrogen and oxygen atoms in total. The maximum Gasteiger partial charge on any atom is 0.252 e. The Bertz CT molecular complexity index is 396. The van der Waals surface area contributed by atoms with Crippen LogP contribution in [0.5, 0.6) is 0 Å². The third-order valence-electron chi connectivity index (χ3n) is 2.31. The van der Waals surface area contributed by atoms with Crippen molar-refractivity contribution >= 4 is 23.6 Å². The number of nitrogens with zero attached hydrogens (tertiary/aromatic N) is 2. The number of carbonyl (C=O) groups excluding carboxylic acids is 4. The van der Waals surface area contributed by atoms with Gasteiger partial charge in [0, 0.05) is 13.1 Å². The lowest BCUT2D eigenvalue weighted by molar-refractivity contribution is -0.144. The fourth-order valence-corrected chi connectivity index (χ4v) is 1.30. The van der Waals surface area contributed by atoms with Crippen molar-refractivity contribution in [3.05, 3.63) is 50.6 Å². The van der Waals surface area contributed by atoms with E-state index in [-0.39, 0.29) is 13.1 Å². The predicted molar refractivity (Wildman–Crippen MR) is 74.2 cm³/mol. The molecule has 0 aliphatic rings. The summed E-state index contributed by atoms with van der Waals surface area (Å²) in [6, 6.07) is 0. The molecule has 0 saturated carbocycles. The van der Waals surface area contributed by atoms with Gasteiger partial charge in [-0.05, 0) is 24.3 Å². The molecule has 0 aromatic heterocycles. The van der Waals surface area contributed by atoms with E-state index in [1.807, 2.05) is 0 Å². The summed E-state index contributed by atoms with van der Waals surface area (Å²) in [5, 5.41) is 0. The van der Waals surface area contributed by atoms with Crippen molar-refractivity contribution in [2.45, 2.75) is 0 Å². The molecule has 0 aliphatic heterocycles. The topological polar surface area (TPSA) is 74.8 Å². The highest BCUT2D eigenvalue weighted by Crippen LogP contribution is 1.99. The average Bonchev–Trinajstić information content (AvgIpc) is 2.48. The minimum absolute atomic E-state index is 0.172. The maximum atomic E-state index is 11.5. The molecule has 0 aromatic rings. The van der Waals surface area contributed by atoms with Crippen molar-refractivity contribution < 1.29 is 19.2 Å². The van der Waals surface area contributed by atoms with Crippen LogP contribution in [0.2, 0.25) is 0 Å². The summed E-state index contributed by atoms with van der Waals surface area (Å²) in [6.07, 6.45) is 3.82. The Balaban J connectivity index is 5.04. The Labute approximate surface area is 117 Å². The lowest BCUT2D eigenvalue weighted by Crippen LogP contribution is -2.44. The Kier molecular flexibility index (Phi) is 7.21. The van der Waals surface area contributed by atoms with Crippen molar-refractivity contribution in [1.29, 1.82) is 0 Å². The summed E-state index contributed by atoms with van der Waals surface area (Å²) < 4.78 is 0. The summed E-state index contributed by atoms with van der Waals surface area (Å²) in [6.45, 7) is 12.7. The summed E-state index contributed by atoms with van der Waals surface area (Å²) in [5.74, 6) is -2.59. The molecule has 0 atom stereocenters. The lowest BCUT2D eigenvalue weighted by Gasteiger charge is -2.22. The van der Waals surface area contributed by atoms with E-state index in [0.29, 0.717) is 0 Å². The third-order valence-corrected chi connectivity index (χ3v) is 2.31. The van der Waals surface area contributed by atoms with Crippen LogP contribution in [0.3, 0.4) is 0 Å². The van der Waals surface area contributed by atoms with E-state index in [2.05, 4.69) is 26.3 Å². The fraction of sp³-hybridized carbons (Fsp3) is 0.143. The first-order valence-corrected chi connectivity index (χ1v) is 5.63. The van der Waals surface area contributed by atoms with Crippen LogP contribution in [-0.4, -0.2) is 46.5 Å². The number of hydrogen-bond acceptors (Lipinski definition) is 4. The molecule has 0 aromatic carbocycles. The van der Waals surface area contributed by atoms with Gasteiger partial charge in [-0.1, -0.05) is 26.3 Å². The Morgan fingerprint density at radius 3 is 0.950 bits per heavy atom. The highest BCUT2D eigenvalue weighted by molar-refractivity contribution is 6.06. The van der Waals surface area contributed by atoms with Crippen molar-refractivity contribution in [2.24, 2.45) is 0 Å². The lowest BCUT2D eigenvalue weighted by atomic mass is 10.3. The van der Waals surface area contributed by atoms with Crippen molar-refractivity contribution in [3.8, 4) is 0 Å². The second-order valence-electron chi connectivity index (χ2n) is 3.47. The Morgan fingerprint density at radius 1 is 0.600 bits per heavy atom. The van der Waals surface area contributed by atoms with E-state index in [9.17, 15) is 19.2 Å². The van der Waals surface area contributed by atoms with Gasteiger partial charge in [-0.25, -0.2) is 0 Å². The van der Waals surface area contributed by atoms with E-state index in [4.69, 9.17) is 0 Å². The summed E-state index contributed by atoms with van der Waals surface area (Å²) in [5.41, 5.74) is 0. The van der Waals surface area contributed by atoms with Crippen molar-refractivity contribution in [1.82, 2.24) is 9.80 Å². The largest absolute Gasteiger partial charge is 0.274 e. The van der Waals surface area contributed by atoms with Gasteiger partial charge in [0.15, 0.2) is 0 Å². The van der Waals surface area contributed by atoms with Gasteiger partial charge in [0.25, 0.3) is 23.6 Å². The quantitative estimate of drug-likeness (QED) is 0.632. The van der Waals surface area contributed by atoms with Gasteiger partial charge in [-0.3, -0.25) is 29.0 Å². The van der Waals surface area contributed by atoms with Crippen molar-refractivity contribution in [2.75, 3.05) is 13.1 Å². The van der Waals surface area contributed by atoms with Crippen LogP contribution in [0, 0.1) is 0 Å². The number of hydrogen-bond donors (Lipinski definition) is 0. The van der Waals surface area contributed by atoms with Gasteiger partial charge in [0.05, 0.1) is 0 Å². The molecular formula is C14H16N2O4. The van der Waals surface area contributed by atoms with Gasteiger partial charge in [-0.15, -0.1) is 0 Å². The highest BCUT2D eigenvalue weighted by Gasteiger charge is 2.21. The zero-order valence-electron chi connectivity index (χ0n) is 11.1. The second kappa shape index (κ2) is 8.36. The van der Waals surface area contributed by atoms with E-state index < -0.39 is 23.6 Å². The van der Waals surface area contributed by atoms with Gasteiger partial charge in [-0.2, -0.15) is 0 Å². The van der Waals surface area contributed by atoms with E-state index >= 15 is 0 Å². The first-order valence-electron chi connectivity index (χ1n) is 5.63. The van der Waals surface area contributed by atoms with Gasteiger partial charge >= 0.3 is 0 Å².